The standard InChI is InChI=1S/C10H20F2N3O3P/c1-8(2)17-19(16,18-9(3)4)10(11,12)6-5-7-14-15-13/h8-9H,5-7H2,1-4H3. The minimum atomic E-state index is -4.55. The van der Waals surface area contributed by atoms with E-state index in [1.165, 1.54) is 27.7 Å². The van der Waals surface area contributed by atoms with E-state index in [0.717, 1.165) is 0 Å². The van der Waals surface area contributed by atoms with E-state index in [2.05, 4.69) is 10.0 Å². The number of alkyl halides is 2. The van der Waals surface area contributed by atoms with Crippen molar-refractivity contribution in [3.05, 3.63) is 10.4 Å². The number of rotatable bonds is 9. The van der Waals surface area contributed by atoms with E-state index >= 15 is 0 Å². The van der Waals surface area contributed by atoms with Crippen molar-refractivity contribution in [1.82, 2.24) is 0 Å². The predicted molar refractivity (Wildman–Crippen MR) is 68.2 cm³/mol. The van der Waals surface area contributed by atoms with Crippen LogP contribution in [0.3, 0.4) is 0 Å². The largest absolute Gasteiger partial charge is 0.400 e. The molecule has 0 rings (SSSR count). The van der Waals surface area contributed by atoms with Gasteiger partial charge in [-0.05, 0) is 39.6 Å². The highest BCUT2D eigenvalue weighted by Gasteiger charge is 2.53. The summed E-state index contributed by atoms with van der Waals surface area (Å²) >= 11 is 0. The molecule has 0 aromatic heterocycles. The molecule has 0 saturated heterocycles. The van der Waals surface area contributed by atoms with Gasteiger partial charge >= 0.3 is 13.3 Å². The Hall–Kier alpha value is -0.680. The molecule has 0 aromatic carbocycles. The number of hydrogen-bond acceptors (Lipinski definition) is 4. The second-order valence-electron chi connectivity index (χ2n) is 4.53. The summed E-state index contributed by atoms with van der Waals surface area (Å²) in [6.45, 7) is 5.94. The Kier molecular flexibility index (Phi) is 7.52. The minimum Gasteiger partial charge on any atom is -0.302 e. The molecule has 6 nitrogen and oxygen atoms in total. The molecule has 112 valence electrons. The molecule has 0 aliphatic rings. The molecule has 0 unspecified atom stereocenters. The van der Waals surface area contributed by atoms with E-state index < -0.39 is 31.9 Å². The summed E-state index contributed by atoms with van der Waals surface area (Å²) in [7, 11) is -4.55. The lowest BCUT2D eigenvalue weighted by atomic mass is 10.3. The van der Waals surface area contributed by atoms with Crippen LogP contribution in [0.25, 0.3) is 10.4 Å². The molecule has 0 atom stereocenters. The molecule has 9 heteroatoms. The average Bonchev–Trinajstić information content (AvgIpc) is 2.21. The maximum Gasteiger partial charge on any atom is 0.400 e. The summed E-state index contributed by atoms with van der Waals surface area (Å²) < 4.78 is 49.9. The van der Waals surface area contributed by atoms with Gasteiger partial charge in [0.05, 0.1) is 12.2 Å². The van der Waals surface area contributed by atoms with Crippen LogP contribution in [-0.4, -0.2) is 24.4 Å². The van der Waals surface area contributed by atoms with Gasteiger partial charge in [-0.15, -0.1) is 0 Å². The highest BCUT2D eigenvalue weighted by Crippen LogP contribution is 2.64. The average molecular weight is 299 g/mol. The molecule has 0 aromatic rings. The smallest absolute Gasteiger partial charge is 0.302 e. The molecule has 0 saturated carbocycles. The van der Waals surface area contributed by atoms with E-state index in [9.17, 15) is 13.3 Å². The van der Waals surface area contributed by atoms with E-state index in [0.29, 0.717) is 0 Å². The Balaban J connectivity index is 4.89. The molecule has 0 radical (unpaired) electrons. The normalized spacial score (nSPS) is 12.8. The predicted octanol–water partition coefficient (Wildman–Crippen LogP) is 4.71. The van der Waals surface area contributed by atoms with Crippen LogP contribution >= 0.6 is 7.60 Å². The van der Waals surface area contributed by atoms with Gasteiger partial charge in [-0.3, -0.25) is 4.57 Å². The van der Waals surface area contributed by atoms with E-state index in [1.807, 2.05) is 0 Å². The van der Waals surface area contributed by atoms with Gasteiger partial charge in [0.2, 0.25) is 0 Å². The number of halogens is 2. The van der Waals surface area contributed by atoms with Gasteiger partial charge in [-0.25, -0.2) is 0 Å². The molecule has 0 amide bonds. The molecular weight excluding hydrogens is 279 g/mol. The molecule has 0 bridgehead atoms. The van der Waals surface area contributed by atoms with Gasteiger partial charge in [0.25, 0.3) is 0 Å². The molecule has 0 aliphatic carbocycles. The van der Waals surface area contributed by atoms with Crippen LogP contribution in [0.5, 0.6) is 0 Å². The first-order chi connectivity index (χ1) is 8.64. The summed E-state index contributed by atoms with van der Waals surface area (Å²) in [6, 6.07) is 0. The van der Waals surface area contributed by atoms with Crippen molar-refractivity contribution in [1.29, 1.82) is 0 Å². The lowest BCUT2D eigenvalue weighted by molar-refractivity contribution is 0.0131. The molecule has 0 heterocycles. The zero-order chi connectivity index (χ0) is 15.1. The summed E-state index contributed by atoms with van der Waals surface area (Å²) in [4.78, 5) is 2.46. The summed E-state index contributed by atoms with van der Waals surface area (Å²) in [5.74, 6) is 0. The van der Waals surface area contributed by atoms with Crippen molar-refractivity contribution in [3.63, 3.8) is 0 Å². The second kappa shape index (κ2) is 7.80. The highest BCUT2D eigenvalue weighted by molar-refractivity contribution is 7.55. The summed E-state index contributed by atoms with van der Waals surface area (Å²) in [5.41, 5.74) is 4.46. The van der Waals surface area contributed by atoms with Crippen LogP contribution < -0.4 is 0 Å². The third-order valence-corrected chi connectivity index (χ3v) is 4.32. The first kappa shape index (κ1) is 18.3. The fourth-order valence-electron chi connectivity index (χ4n) is 1.28. The first-order valence-corrected chi connectivity index (χ1v) is 7.54. The molecule has 19 heavy (non-hydrogen) atoms. The Morgan fingerprint density at radius 3 is 2.11 bits per heavy atom. The molecule has 0 aliphatic heterocycles. The number of hydrogen-bond donors (Lipinski definition) is 0. The highest BCUT2D eigenvalue weighted by atomic mass is 31.2. The van der Waals surface area contributed by atoms with Crippen molar-refractivity contribution in [2.24, 2.45) is 5.11 Å². The number of azide groups is 1. The van der Waals surface area contributed by atoms with Gasteiger partial charge in [0.1, 0.15) is 0 Å². The zero-order valence-electron chi connectivity index (χ0n) is 11.5. The number of nitrogens with zero attached hydrogens (tertiary/aromatic N) is 3. The van der Waals surface area contributed by atoms with Gasteiger partial charge in [0.15, 0.2) is 0 Å². The van der Waals surface area contributed by atoms with E-state index in [-0.39, 0.29) is 13.0 Å². The van der Waals surface area contributed by atoms with Gasteiger partial charge < -0.3 is 9.05 Å². The first-order valence-electron chi connectivity index (χ1n) is 6.00. The molecule has 0 spiro atoms. The van der Waals surface area contributed by atoms with E-state index in [4.69, 9.17) is 14.6 Å². The maximum atomic E-state index is 14.0. The van der Waals surface area contributed by atoms with Crippen molar-refractivity contribution in [2.75, 3.05) is 6.54 Å². The lowest BCUT2D eigenvalue weighted by Crippen LogP contribution is -2.24. The Bertz CT molecular complexity index is 357. The second-order valence-corrected chi connectivity index (χ2v) is 6.60. The molecular formula is C10H20F2N3O3P. The van der Waals surface area contributed by atoms with Crippen molar-refractivity contribution < 1.29 is 22.4 Å². The minimum absolute atomic E-state index is 0.0879. The fraction of sp³-hybridized carbons (Fsp3) is 1.00. The quantitative estimate of drug-likeness (QED) is 0.203. The Morgan fingerprint density at radius 2 is 1.74 bits per heavy atom. The third-order valence-electron chi connectivity index (χ3n) is 1.90. The summed E-state index contributed by atoms with van der Waals surface area (Å²) in [5, 5.41) is 3.15. The van der Waals surface area contributed by atoms with Crippen LogP contribution in [0.1, 0.15) is 40.5 Å². The van der Waals surface area contributed by atoms with E-state index in [1.54, 1.807) is 0 Å². The topological polar surface area (TPSA) is 84.3 Å². The van der Waals surface area contributed by atoms with Crippen LogP contribution in [0.2, 0.25) is 0 Å². The van der Waals surface area contributed by atoms with Crippen molar-refractivity contribution in [2.45, 2.75) is 58.4 Å². The van der Waals surface area contributed by atoms with Gasteiger partial charge in [0, 0.05) is 17.9 Å². The maximum absolute atomic E-state index is 14.0. The van der Waals surface area contributed by atoms with Crippen LogP contribution in [0.4, 0.5) is 8.78 Å². The Labute approximate surface area is 111 Å². The fourth-order valence-corrected chi connectivity index (χ4v) is 3.18. The molecule has 0 N–H and O–H groups in total. The lowest BCUT2D eigenvalue weighted by Gasteiger charge is -2.29. The summed E-state index contributed by atoms with van der Waals surface area (Å²) in [6.07, 6.45) is -2.10. The van der Waals surface area contributed by atoms with Crippen LogP contribution in [-0.2, 0) is 13.6 Å². The third kappa shape index (κ3) is 6.34. The van der Waals surface area contributed by atoms with Crippen molar-refractivity contribution >= 4 is 7.60 Å². The van der Waals surface area contributed by atoms with Crippen LogP contribution in [0.15, 0.2) is 5.11 Å². The van der Waals surface area contributed by atoms with Gasteiger partial charge in [-0.2, -0.15) is 8.78 Å². The van der Waals surface area contributed by atoms with Crippen LogP contribution in [0, 0.1) is 0 Å². The zero-order valence-corrected chi connectivity index (χ0v) is 12.4. The SMILES string of the molecule is CC(C)OP(=O)(OC(C)C)C(F)(F)CCCN=[N+]=[N-]. The molecule has 0 fully saturated rings. The van der Waals surface area contributed by atoms with Crippen molar-refractivity contribution in [3.8, 4) is 0 Å². The Morgan fingerprint density at radius 1 is 1.26 bits per heavy atom. The monoisotopic (exact) mass is 299 g/mol. The van der Waals surface area contributed by atoms with Gasteiger partial charge in [-0.1, -0.05) is 5.11 Å².